The van der Waals surface area contributed by atoms with Gasteiger partial charge in [-0.3, -0.25) is 4.79 Å². The van der Waals surface area contributed by atoms with Crippen LogP contribution in [-0.2, 0) is 17.8 Å². The molecule has 0 saturated carbocycles. The molecule has 1 aliphatic rings. The predicted molar refractivity (Wildman–Crippen MR) is 142 cm³/mol. The van der Waals surface area contributed by atoms with Crippen molar-refractivity contribution in [3.8, 4) is 5.75 Å². The molecule has 0 unspecified atom stereocenters. The summed E-state index contributed by atoms with van der Waals surface area (Å²) in [5.74, 6) is 0.667. The van der Waals surface area contributed by atoms with Gasteiger partial charge >= 0.3 is 0 Å². The van der Waals surface area contributed by atoms with Crippen molar-refractivity contribution in [3.63, 3.8) is 0 Å². The second-order valence-electron chi connectivity index (χ2n) is 8.18. The van der Waals surface area contributed by atoms with Crippen LogP contribution in [0.1, 0.15) is 23.6 Å². The second kappa shape index (κ2) is 10.1. The summed E-state index contributed by atoms with van der Waals surface area (Å²) in [5.41, 5.74) is 4.04. The highest BCUT2D eigenvalue weighted by Gasteiger charge is 2.27. The summed E-state index contributed by atoms with van der Waals surface area (Å²) in [7, 11) is 0. The van der Waals surface area contributed by atoms with Crippen LogP contribution in [0.2, 0.25) is 0 Å². The SMILES string of the molecule is CCc1ccc(N[C@H]2NC(=O)/C(=C/c3ccccc3OCc3ccc4ccccc4c3)S2)cc1. The van der Waals surface area contributed by atoms with Crippen LogP contribution in [-0.4, -0.2) is 11.4 Å². The van der Waals surface area contributed by atoms with Crippen LogP contribution < -0.4 is 15.4 Å². The summed E-state index contributed by atoms with van der Waals surface area (Å²) in [6, 6.07) is 30.8. The molecule has 1 atom stereocenters. The normalized spacial score (nSPS) is 16.6. The summed E-state index contributed by atoms with van der Waals surface area (Å²) in [6.45, 7) is 2.60. The topological polar surface area (TPSA) is 50.4 Å². The maximum absolute atomic E-state index is 12.6. The van der Waals surface area contributed by atoms with E-state index in [1.807, 2.05) is 54.6 Å². The third-order valence-corrected chi connectivity index (χ3v) is 6.83. The number of hydrogen-bond acceptors (Lipinski definition) is 4. The lowest BCUT2D eigenvalue weighted by atomic mass is 10.1. The molecule has 1 heterocycles. The number of fused-ring (bicyclic) bond motifs is 1. The number of aryl methyl sites for hydroxylation is 1. The Morgan fingerprint density at radius 3 is 2.47 bits per heavy atom. The molecule has 34 heavy (non-hydrogen) atoms. The Morgan fingerprint density at radius 1 is 0.912 bits per heavy atom. The molecule has 2 N–H and O–H groups in total. The zero-order chi connectivity index (χ0) is 23.3. The van der Waals surface area contributed by atoms with Crippen LogP contribution in [0.15, 0.2) is 95.9 Å². The molecular weight excluding hydrogens is 440 g/mol. The minimum absolute atomic E-state index is 0.0861. The number of ether oxygens (including phenoxy) is 1. The Bertz CT molecular complexity index is 1350. The minimum Gasteiger partial charge on any atom is -0.488 e. The molecule has 170 valence electrons. The van der Waals surface area contributed by atoms with E-state index >= 15 is 0 Å². The molecule has 1 aliphatic heterocycles. The van der Waals surface area contributed by atoms with Gasteiger partial charge < -0.3 is 15.4 Å². The van der Waals surface area contributed by atoms with Crippen molar-refractivity contribution in [2.75, 3.05) is 5.32 Å². The number of para-hydroxylation sites is 1. The fraction of sp³-hybridized carbons (Fsp3) is 0.138. The highest BCUT2D eigenvalue weighted by Crippen LogP contribution is 2.32. The first-order valence-corrected chi connectivity index (χ1v) is 12.3. The lowest BCUT2D eigenvalue weighted by Gasteiger charge is -2.13. The monoisotopic (exact) mass is 466 g/mol. The van der Waals surface area contributed by atoms with Crippen LogP contribution in [0.25, 0.3) is 16.8 Å². The molecule has 0 bridgehead atoms. The minimum atomic E-state index is -0.211. The summed E-state index contributed by atoms with van der Waals surface area (Å²) >= 11 is 1.48. The molecule has 5 heteroatoms. The van der Waals surface area contributed by atoms with Gasteiger partial charge in [-0.2, -0.15) is 0 Å². The summed E-state index contributed by atoms with van der Waals surface area (Å²) in [6.07, 6.45) is 2.90. The lowest BCUT2D eigenvalue weighted by Crippen LogP contribution is -2.30. The number of benzene rings is 4. The van der Waals surface area contributed by atoms with Crippen LogP contribution in [0.4, 0.5) is 5.69 Å². The van der Waals surface area contributed by atoms with Crippen molar-refractivity contribution < 1.29 is 9.53 Å². The Morgan fingerprint density at radius 2 is 1.65 bits per heavy atom. The van der Waals surface area contributed by atoms with E-state index in [4.69, 9.17) is 4.74 Å². The molecular formula is C29H26N2O2S. The third-order valence-electron chi connectivity index (χ3n) is 5.80. The number of carbonyl (C=O) groups is 1. The molecule has 0 radical (unpaired) electrons. The van der Waals surface area contributed by atoms with Crippen molar-refractivity contribution in [3.05, 3.63) is 113 Å². The van der Waals surface area contributed by atoms with Crippen LogP contribution in [0.5, 0.6) is 5.75 Å². The van der Waals surface area contributed by atoms with E-state index in [9.17, 15) is 4.79 Å². The molecule has 1 fully saturated rings. The average molecular weight is 467 g/mol. The van der Waals surface area contributed by atoms with Crippen molar-refractivity contribution in [1.29, 1.82) is 0 Å². The van der Waals surface area contributed by atoms with E-state index < -0.39 is 0 Å². The standard InChI is InChI=1S/C29H26N2O2S/c1-2-20-12-15-25(16-13-20)30-29-31-28(32)27(34-29)18-24-9-5-6-10-26(24)33-19-21-11-14-22-7-3-4-8-23(22)17-21/h3-18,29-30H,2,19H2,1H3,(H,31,32)/b27-18-/t29-/m0/s1. The largest absolute Gasteiger partial charge is 0.488 e. The molecule has 1 saturated heterocycles. The third kappa shape index (κ3) is 5.10. The summed E-state index contributed by atoms with van der Waals surface area (Å²) < 4.78 is 6.16. The average Bonchev–Trinajstić information content (AvgIpc) is 3.22. The number of carbonyl (C=O) groups excluding carboxylic acids is 1. The van der Waals surface area contributed by atoms with Gasteiger partial charge in [0.1, 0.15) is 12.4 Å². The Balaban J connectivity index is 1.28. The van der Waals surface area contributed by atoms with Crippen molar-refractivity contribution >= 4 is 40.2 Å². The number of nitrogens with one attached hydrogen (secondary N) is 2. The van der Waals surface area contributed by atoms with E-state index in [-0.39, 0.29) is 11.4 Å². The first kappa shape index (κ1) is 22.1. The van der Waals surface area contributed by atoms with Gasteiger partial charge in [0.15, 0.2) is 5.50 Å². The molecule has 4 nitrogen and oxygen atoms in total. The predicted octanol–water partition coefficient (Wildman–Crippen LogP) is 6.58. The van der Waals surface area contributed by atoms with Gasteiger partial charge in [-0.15, -0.1) is 0 Å². The Hall–Kier alpha value is -3.70. The Labute approximate surface area is 204 Å². The zero-order valence-corrected chi connectivity index (χ0v) is 19.8. The van der Waals surface area contributed by atoms with Gasteiger partial charge in [0.25, 0.3) is 5.91 Å². The fourth-order valence-corrected chi connectivity index (χ4v) is 4.89. The summed E-state index contributed by atoms with van der Waals surface area (Å²) in [5, 5.41) is 8.78. The van der Waals surface area contributed by atoms with Gasteiger partial charge in [0, 0.05) is 11.3 Å². The highest BCUT2D eigenvalue weighted by molar-refractivity contribution is 8.05. The van der Waals surface area contributed by atoms with E-state index in [0.29, 0.717) is 11.5 Å². The molecule has 4 aromatic carbocycles. The zero-order valence-electron chi connectivity index (χ0n) is 19.0. The fourth-order valence-electron chi connectivity index (χ4n) is 3.92. The van der Waals surface area contributed by atoms with Gasteiger partial charge in [-0.1, -0.05) is 85.4 Å². The smallest absolute Gasteiger partial charge is 0.260 e. The maximum Gasteiger partial charge on any atom is 0.260 e. The molecule has 0 aliphatic carbocycles. The molecule has 0 spiro atoms. The van der Waals surface area contributed by atoms with E-state index in [2.05, 4.69) is 60.0 Å². The quantitative estimate of drug-likeness (QED) is 0.302. The van der Waals surface area contributed by atoms with Crippen molar-refractivity contribution in [2.45, 2.75) is 25.4 Å². The molecule has 5 rings (SSSR count). The maximum atomic E-state index is 12.6. The number of rotatable bonds is 7. The van der Waals surface area contributed by atoms with E-state index in [0.717, 1.165) is 29.0 Å². The van der Waals surface area contributed by atoms with Gasteiger partial charge in [0.05, 0.1) is 4.91 Å². The van der Waals surface area contributed by atoms with Crippen LogP contribution in [0.3, 0.4) is 0 Å². The molecule has 1 amide bonds. The summed E-state index contributed by atoms with van der Waals surface area (Å²) in [4.78, 5) is 13.3. The molecule has 0 aromatic heterocycles. The van der Waals surface area contributed by atoms with Gasteiger partial charge in [0.2, 0.25) is 0 Å². The van der Waals surface area contributed by atoms with Gasteiger partial charge in [-0.25, -0.2) is 0 Å². The number of thioether (sulfide) groups is 1. The van der Waals surface area contributed by atoms with Crippen LogP contribution >= 0.6 is 11.8 Å². The van der Waals surface area contributed by atoms with Gasteiger partial charge in [-0.05, 0) is 58.7 Å². The highest BCUT2D eigenvalue weighted by atomic mass is 32.2. The lowest BCUT2D eigenvalue weighted by molar-refractivity contribution is -0.116. The number of hydrogen-bond donors (Lipinski definition) is 2. The van der Waals surface area contributed by atoms with Crippen LogP contribution in [0, 0.1) is 0 Å². The van der Waals surface area contributed by atoms with E-state index in [1.165, 1.54) is 28.1 Å². The van der Waals surface area contributed by atoms with E-state index in [1.54, 1.807) is 0 Å². The second-order valence-corrected chi connectivity index (χ2v) is 9.33. The first-order valence-electron chi connectivity index (χ1n) is 11.4. The molecule has 4 aromatic rings. The van der Waals surface area contributed by atoms with Crippen molar-refractivity contribution in [2.24, 2.45) is 0 Å². The Kier molecular flexibility index (Phi) is 6.54. The first-order chi connectivity index (χ1) is 16.7. The van der Waals surface area contributed by atoms with Crippen molar-refractivity contribution in [1.82, 2.24) is 5.32 Å². The number of anilines is 1. The number of amides is 1.